The highest BCUT2D eigenvalue weighted by Crippen LogP contribution is 2.30. The van der Waals surface area contributed by atoms with Crippen LogP contribution in [0.4, 0.5) is 0 Å². The second-order valence-electron chi connectivity index (χ2n) is 5.53. The summed E-state index contributed by atoms with van der Waals surface area (Å²) in [4.78, 5) is 12.2. The highest BCUT2D eigenvalue weighted by Gasteiger charge is 2.25. The number of hydrogen-bond acceptors (Lipinski definition) is 5. The van der Waals surface area contributed by atoms with Gasteiger partial charge in [0.15, 0.2) is 0 Å². The van der Waals surface area contributed by atoms with E-state index in [4.69, 9.17) is 9.47 Å². The number of hydrogen-bond donors (Lipinski definition) is 1. The van der Waals surface area contributed by atoms with Crippen LogP contribution < -0.4 is 14.8 Å². The highest BCUT2D eigenvalue weighted by molar-refractivity contribution is 5.79. The summed E-state index contributed by atoms with van der Waals surface area (Å²) >= 11 is 0. The van der Waals surface area contributed by atoms with Crippen molar-refractivity contribution in [1.82, 2.24) is 20.1 Å². The van der Waals surface area contributed by atoms with Crippen LogP contribution in [0.5, 0.6) is 11.5 Å². The molecule has 1 aromatic carbocycles. The molecule has 1 aliphatic heterocycles. The Hall–Kier alpha value is -2.57. The van der Waals surface area contributed by atoms with E-state index in [2.05, 4.69) is 15.5 Å². The van der Waals surface area contributed by atoms with Crippen molar-refractivity contribution >= 4 is 5.91 Å². The molecule has 0 spiro atoms. The molecule has 0 unspecified atom stereocenters. The SMILES string of the molecule is COc1ccc2c(c1)OC[C@H](C(=O)NCCCn1cnnc1)C2. The number of nitrogens with one attached hydrogen (secondary N) is 1. The Morgan fingerprint density at radius 1 is 1.43 bits per heavy atom. The van der Waals surface area contributed by atoms with E-state index >= 15 is 0 Å². The van der Waals surface area contributed by atoms with E-state index in [1.54, 1.807) is 19.8 Å². The van der Waals surface area contributed by atoms with Gasteiger partial charge in [0, 0.05) is 19.2 Å². The molecule has 0 radical (unpaired) electrons. The molecule has 0 saturated heterocycles. The summed E-state index contributed by atoms with van der Waals surface area (Å²) in [5, 5.41) is 10.5. The predicted molar refractivity (Wildman–Crippen MR) is 83.3 cm³/mol. The van der Waals surface area contributed by atoms with Crippen molar-refractivity contribution in [3.8, 4) is 11.5 Å². The van der Waals surface area contributed by atoms with Crippen LogP contribution in [0.2, 0.25) is 0 Å². The molecule has 0 aliphatic carbocycles. The average molecular weight is 316 g/mol. The van der Waals surface area contributed by atoms with Gasteiger partial charge in [-0.25, -0.2) is 0 Å². The fourth-order valence-corrected chi connectivity index (χ4v) is 2.60. The number of aromatic nitrogens is 3. The second-order valence-corrected chi connectivity index (χ2v) is 5.53. The zero-order valence-electron chi connectivity index (χ0n) is 13.1. The molecule has 7 nitrogen and oxygen atoms in total. The Bertz CT molecular complexity index is 657. The van der Waals surface area contributed by atoms with Crippen molar-refractivity contribution in [2.24, 2.45) is 5.92 Å². The zero-order valence-corrected chi connectivity index (χ0v) is 13.1. The maximum absolute atomic E-state index is 12.2. The molecule has 2 heterocycles. The van der Waals surface area contributed by atoms with Gasteiger partial charge in [-0.05, 0) is 24.5 Å². The zero-order chi connectivity index (χ0) is 16.1. The van der Waals surface area contributed by atoms with Crippen molar-refractivity contribution in [2.75, 3.05) is 20.3 Å². The van der Waals surface area contributed by atoms with E-state index in [0.717, 1.165) is 30.0 Å². The number of amides is 1. The van der Waals surface area contributed by atoms with E-state index in [-0.39, 0.29) is 11.8 Å². The van der Waals surface area contributed by atoms with Gasteiger partial charge in [-0.2, -0.15) is 0 Å². The number of nitrogens with zero attached hydrogens (tertiary/aromatic N) is 3. The lowest BCUT2D eigenvalue weighted by Gasteiger charge is -2.25. The number of fused-ring (bicyclic) bond motifs is 1. The first-order valence-corrected chi connectivity index (χ1v) is 7.66. The number of aryl methyl sites for hydroxylation is 1. The number of ether oxygens (including phenoxy) is 2. The summed E-state index contributed by atoms with van der Waals surface area (Å²) < 4.78 is 12.8. The maximum Gasteiger partial charge on any atom is 0.226 e. The van der Waals surface area contributed by atoms with Gasteiger partial charge in [-0.3, -0.25) is 4.79 Å². The summed E-state index contributed by atoms with van der Waals surface area (Å²) in [6.07, 6.45) is 4.87. The minimum Gasteiger partial charge on any atom is -0.497 e. The fourth-order valence-electron chi connectivity index (χ4n) is 2.60. The van der Waals surface area contributed by atoms with Crippen LogP contribution in [0, 0.1) is 5.92 Å². The monoisotopic (exact) mass is 316 g/mol. The van der Waals surface area contributed by atoms with Gasteiger partial charge in [-0.15, -0.1) is 10.2 Å². The number of benzene rings is 1. The summed E-state index contributed by atoms with van der Waals surface area (Å²) in [6, 6.07) is 5.71. The standard InChI is InChI=1S/C16H20N4O3/c1-22-14-4-3-12-7-13(9-23-15(12)8-14)16(21)17-5-2-6-20-10-18-19-11-20/h3-4,8,10-11,13H,2,5-7,9H2,1H3,(H,17,21)/t13-/m1/s1. The Kier molecular flexibility index (Phi) is 4.75. The van der Waals surface area contributed by atoms with Gasteiger partial charge in [0.25, 0.3) is 0 Å². The van der Waals surface area contributed by atoms with Crippen molar-refractivity contribution < 1.29 is 14.3 Å². The highest BCUT2D eigenvalue weighted by atomic mass is 16.5. The predicted octanol–water partition coefficient (Wildman–Crippen LogP) is 1.04. The van der Waals surface area contributed by atoms with Crippen molar-refractivity contribution in [3.63, 3.8) is 0 Å². The van der Waals surface area contributed by atoms with Crippen LogP contribution in [0.1, 0.15) is 12.0 Å². The number of carbonyl (C=O) groups is 1. The van der Waals surface area contributed by atoms with Gasteiger partial charge in [-0.1, -0.05) is 6.07 Å². The largest absolute Gasteiger partial charge is 0.497 e. The van der Waals surface area contributed by atoms with Gasteiger partial charge < -0.3 is 19.4 Å². The van der Waals surface area contributed by atoms with E-state index in [1.807, 2.05) is 22.8 Å². The topological polar surface area (TPSA) is 78.3 Å². The van der Waals surface area contributed by atoms with Gasteiger partial charge >= 0.3 is 0 Å². The average Bonchev–Trinajstić information content (AvgIpc) is 3.11. The quantitative estimate of drug-likeness (QED) is 0.806. The third-order valence-corrected chi connectivity index (χ3v) is 3.91. The van der Waals surface area contributed by atoms with Crippen LogP contribution in [-0.2, 0) is 17.8 Å². The summed E-state index contributed by atoms with van der Waals surface area (Å²) in [7, 11) is 1.63. The molecule has 2 aromatic rings. The van der Waals surface area contributed by atoms with Crippen molar-refractivity contribution in [3.05, 3.63) is 36.4 Å². The fraction of sp³-hybridized carbons (Fsp3) is 0.438. The van der Waals surface area contributed by atoms with Crippen LogP contribution in [0.25, 0.3) is 0 Å². The Morgan fingerprint density at radius 2 is 2.26 bits per heavy atom. The number of rotatable bonds is 6. The minimum atomic E-state index is -0.147. The van der Waals surface area contributed by atoms with E-state index < -0.39 is 0 Å². The van der Waals surface area contributed by atoms with E-state index in [9.17, 15) is 4.79 Å². The first kappa shape index (κ1) is 15.3. The molecule has 1 amide bonds. The lowest BCUT2D eigenvalue weighted by Crippen LogP contribution is -2.38. The summed E-state index contributed by atoms with van der Waals surface area (Å²) in [6.45, 7) is 1.82. The molecule has 3 rings (SSSR count). The third-order valence-electron chi connectivity index (χ3n) is 3.91. The third kappa shape index (κ3) is 3.80. The molecular weight excluding hydrogens is 296 g/mol. The lowest BCUT2D eigenvalue weighted by atomic mass is 9.96. The molecule has 0 saturated carbocycles. The lowest BCUT2D eigenvalue weighted by molar-refractivity contribution is -0.126. The van der Waals surface area contributed by atoms with E-state index in [1.165, 1.54) is 0 Å². The smallest absolute Gasteiger partial charge is 0.226 e. The van der Waals surface area contributed by atoms with Crippen molar-refractivity contribution in [2.45, 2.75) is 19.4 Å². The second kappa shape index (κ2) is 7.13. The van der Waals surface area contributed by atoms with Crippen LogP contribution in [-0.4, -0.2) is 40.9 Å². The van der Waals surface area contributed by atoms with Crippen molar-refractivity contribution in [1.29, 1.82) is 0 Å². The molecule has 7 heteroatoms. The van der Waals surface area contributed by atoms with Gasteiger partial charge in [0.2, 0.25) is 5.91 Å². The molecule has 122 valence electrons. The number of carbonyl (C=O) groups excluding carboxylic acids is 1. The normalized spacial score (nSPS) is 16.3. The molecule has 0 bridgehead atoms. The molecule has 23 heavy (non-hydrogen) atoms. The first-order chi connectivity index (χ1) is 11.3. The van der Waals surface area contributed by atoms with Gasteiger partial charge in [0.05, 0.1) is 13.0 Å². The molecular formula is C16H20N4O3. The molecule has 1 aromatic heterocycles. The Balaban J connectivity index is 1.47. The Labute approximate surface area is 134 Å². The molecule has 1 aliphatic rings. The molecule has 0 fully saturated rings. The van der Waals surface area contributed by atoms with Crippen LogP contribution in [0.15, 0.2) is 30.9 Å². The number of methoxy groups -OCH3 is 1. The summed E-state index contributed by atoms with van der Waals surface area (Å²) in [5.41, 5.74) is 1.04. The Morgan fingerprint density at radius 3 is 3.04 bits per heavy atom. The van der Waals surface area contributed by atoms with E-state index in [0.29, 0.717) is 19.6 Å². The molecule has 1 atom stereocenters. The maximum atomic E-state index is 12.2. The van der Waals surface area contributed by atoms with Crippen LogP contribution in [0.3, 0.4) is 0 Å². The van der Waals surface area contributed by atoms with Crippen LogP contribution >= 0.6 is 0 Å². The summed E-state index contributed by atoms with van der Waals surface area (Å²) in [5.74, 6) is 1.46. The minimum absolute atomic E-state index is 0.0372. The molecule has 1 N–H and O–H groups in total. The van der Waals surface area contributed by atoms with Gasteiger partial charge in [0.1, 0.15) is 30.8 Å². The first-order valence-electron chi connectivity index (χ1n) is 7.66.